The molecule has 0 aliphatic carbocycles. The van der Waals surface area contributed by atoms with Crippen molar-refractivity contribution >= 4 is 44.2 Å². The molecule has 0 radical (unpaired) electrons. The first-order chi connectivity index (χ1) is 13.6. The van der Waals surface area contributed by atoms with Crippen molar-refractivity contribution in [2.75, 3.05) is 31.6 Å². The number of morpholine rings is 1. The maximum atomic E-state index is 12.8. The van der Waals surface area contributed by atoms with E-state index in [0.29, 0.717) is 37.6 Å². The van der Waals surface area contributed by atoms with Crippen molar-refractivity contribution in [3.05, 3.63) is 58.8 Å². The van der Waals surface area contributed by atoms with E-state index in [1.54, 1.807) is 23.4 Å². The lowest BCUT2D eigenvalue weighted by molar-refractivity contribution is -0.136. The fourth-order valence-corrected chi connectivity index (χ4v) is 3.84. The second-order valence-electron chi connectivity index (χ2n) is 6.52. The van der Waals surface area contributed by atoms with Gasteiger partial charge in [-0.1, -0.05) is 40.2 Å². The van der Waals surface area contributed by atoms with Gasteiger partial charge in [0.25, 0.3) is 5.91 Å². The third kappa shape index (κ3) is 3.93. The Morgan fingerprint density at radius 1 is 1.14 bits per heavy atom. The summed E-state index contributed by atoms with van der Waals surface area (Å²) in [4.78, 5) is 26.9. The summed E-state index contributed by atoms with van der Waals surface area (Å²) in [5.41, 5.74) is 1.12. The molecule has 4 rings (SSSR count). The molecule has 0 spiro atoms. The number of fused-ring (bicyclic) bond motifs is 1. The lowest BCUT2D eigenvalue weighted by atomic mass is 10.0. The van der Waals surface area contributed by atoms with Gasteiger partial charge in [0, 0.05) is 34.7 Å². The van der Waals surface area contributed by atoms with Gasteiger partial charge in [0.2, 0.25) is 5.91 Å². The van der Waals surface area contributed by atoms with Crippen molar-refractivity contribution in [2.45, 2.75) is 6.54 Å². The zero-order valence-corrected chi connectivity index (χ0v) is 16.7. The number of amides is 2. The molecule has 0 saturated carbocycles. The van der Waals surface area contributed by atoms with Crippen LogP contribution < -0.4 is 5.32 Å². The number of hydrogen-bond acceptors (Lipinski definition) is 4. The second-order valence-corrected chi connectivity index (χ2v) is 7.37. The summed E-state index contributed by atoms with van der Waals surface area (Å²) in [5.74, 6) is -0.237. The Balaban J connectivity index is 1.47. The van der Waals surface area contributed by atoms with Gasteiger partial charge in [0.05, 0.1) is 25.1 Å². The van der Waals surface area contributed by atoms with Gasteiger partial charge in [-0.05, 0) is 17.5 Å². The van der Waals surface area contributed by atoms with Crippen molar-refractivity contribution in [2.24, 2.45) is 0 Å². The van der Waals surface area contributed by atoms with Crippen LogP contribution in [0.5, 0.6) is 0 Å². The van der Waals surface area contributed by atoms with Crippen LogP contribution >= 0.6 is 15.9 Å². The summed E-state index contributed by atoms with van der Waals surface area (Å²) in [6, 6.07) is 11.4. The van der Waals surface area contributed by atoms with E-state index in [2.05, 4.69) is 26.3 Å². The van der Waals surface area contributed by atoms with Crippen LogP contribution in [0.3, 0.4) is 0 Å². The van der Waals surface area contributed by atoms with Gasteiger partial charge in [-0.2, -0.15) is 5.10 Å². The molecule has 144 valence electrons. The van der Waals surface area contributed by atoms with Crippen molar-refractivity contribution in [3.63, 3.8) is 0 Å². The van der Waals surface area contributed by atoms with Gasteiger partial charge in [-0.15, -0.1) is 0 Å². The quantitative estimate of drug-likeness (QED) is 0.673. The molecular formula is C20H19BrN4O3. The van der Waals surface area contributed by atoms with Crippen LogP contribution in [0.2, 0.25) is 0 Å². The molecule has 1 aromatic heterocycles. The summed E-state index contributed by atoms with van der Waals surface area (Å²) in [7, 11) is 0. The minimum atomic E-state index is -0.225. The number of nitrogens with zero attached hydrogens (tertiary/aromatic N) is 3. The van der Waals surface area contributed by atoms with E-state index in [0.717, 1.165) is 15.2 Å². The summed E-state index contributed by atoms with van der Waals surface area (Å²) in [6.45, 7) is 2.45. The molecule has 28 heavy (non-hydrogen) atoms. The minimum Gasteiger partial charge on any atom is -0.378 e. The van der Waals surface area contributed by atoms with Crippen molar-refractivity contribution in [3.8, 4) is 0 Å². The summed E-state index contributed by atoms with van der Waals surface area (Å²) in [5, 5.41) is 8.89. The summed E-state index contributed by atoms with van der Waals surface area (Å²) >= 11 is 3.52. The van der Waals surface area contributed by atoms with Gasteiger partial charge < -0.3 is 15.0 Å². The number of ether oxygens (including phenoxy) is 1. The van der Waals surface area contributed by atoms with E-state index < -0.39 is 0 Å². The molecule has 3 aromatic rings. The average Bonchev–Trinajstić information content (AvgIpc) is 3.15. The summed E-state index contributed by atoms with van der Waals surface area (Å²) < 4.78 is 7.66. The van der Waals surface area contributed by atoms with Crippen LogP contribution in [0.15, 0.2) is 53.3 Å². The van der Waals surface area contributed by atoms with Crippen molar-refractivity contribution in [1.29, 1.82) is 0 Å². The van der Waals surface area contributed by atoms with Crippen LogP contribution in [0.4, 0.5) is 5.69 Å². The number of rotatable bonds is 4. The monoisotopic (exact) mass is 442 g/mol. The number of carbonyl (C=O) groups is 2. The van der Waals surface area contributed by atoms with E-state index in [-0.39, 0.29) is 18.4 Å². The zero-order chi connectivity index (χ0) is 19.5. The average molecular weight is 443 g/mol. The van der Waals surface area contributed by atoms with E-state index in [4.69, 9.17) is 4.74 Å². The van der Waals surface area contributed by atoms with E-state index >= 15 is 0 Å². The Labute approximate surface area is 170 Å². The maximum absolute atomic E-state index is 12.8. The number of nitrogens with one attached hydrogen (secondary N) is 1. The number of halogens is 1. The van der Waals surface area contributed by atoms with E-state index in [1.807, 2.05) is 30.3 Å². The molecule has 0 bridgehead atoms. The minimum absolute atomic E-state index is 0.0118. The highest BCUT2D eigenvalue weighted by Gasteiger charge is 2.18. The van der Waals surface area contributed by atoms with Crippen LogP contribution in [-0.4, -0.2) is 52.8 Å². The standard InChI is InChI=1S/C20H19BrN4O3/c21-17-6-2-4-14-3-1-5-16(19(14)17)20(27)23-15-11-22-25(12-15)13-18(26)24-7-9-28-10-8-24/h1-6,11-12H,7-10,13H2,(H,23,27). The molecule has 1 fully saturated rings. The molecule has 1 aliphatic heterocycles. The van der Waals surface area contributed by atoms with Crippen LogP contribution in [-0.2, 0) is 16.1 Å². The third-order valence-electron chi connectivity index (χ3n) is 4.65. The van der Waals surface area contributed by atoms with Gasteiger partial charge >= 0.3 is 0 Å². The van der Waals surface area contributed by atoms with Gasteiger partial charge in [-0.3, -0.25) is 14.3 Å². The van der Waals surface area contributed by atoms with Gasteiger partial charge in [0.1, 0.15) is 6.54 Å². The molecule has 0 unspecified atom stereocenters. The zero-order valence-electron chi connectivity index (χ0n) is 15.1. The predicted molar refractivity (Wildman–Crippen MR) is 109 cm³/mol. The highest BCUT2D eigenvalue weighted by atomic mass is 79.9. The molecule has 1 aliphatic rings. The Kier molecular flexibility index (Phi) is 5.40. The summed E-state index contributed by atoms with van der Waals surface area (Å²) in [6.07, 6.45) is 3.21. The molecule has 1 saturated heterocycles. The Morgan fingerprint density at radius 2 is 1.89 bits per heavy atom. The topological polar surface area (TPSA) is 76.5 Å². The van der Waals surface area contributed by atoms with Gasteiger partial charge in [0.15, 0.2) is 0 Å². The second kappa shape index (κ2) is 8.12. The first kappa shape index (κ1) is 18.6. The van der Waals surface area contributed by atoms with E-state index in [1.165, 1.54) is 4.68 Å². The molecule has 7 nitrogen and oxygen atoms in total. The maximum Gasteiger partial charge on any atom is 0.256 e. The number of anilines is 1. The Hall–Kier alpha value is -2.71. The SMILES string of the molecule is O=C(Nc1cnn(CC(=O)N2CCOCC2)c1)c1cccc2cccc(Br)c12. The predicted octanol–water partition coefficient (Wildman–Crippen LogP) is 2.91. The molecule has 0 atom stereocenters. The number of benzene rings is 2. The third-order valence-corrected chi connectivity index (χ3v) is 5.31. The smallest absolute Gasteiger partial charge is 0.256 e. The van der Waals surface area contributed by atoms with Crippen LogP contribution in [0, 0.1) is 0 Å². The van der Waals surface area contributed by atoms with Gasteiger partial charge in [-0.25, -0.2) is 0 Å². The fourth-order valence-electron chi connectivity index (χ4n) is 3.25. The lowest BCUT2D eigenvalue weighted by Gasteiger charge is -2.26. The van der Waals surface area contributed by atoms with Crippen molar-refractivity contribution < 1.29 is 14.3 Å². The lowest BCUT2D eigenvalue weighted by Crippen LogP contribution is -2.42. The number of carbonyl (C=O) groups excluding carboxylic acids is 2. The molecular weight excluding hydrogens is 424 g/mol. The number of hydrogen-bond donors (Lipinski definition) is 1. The first-order valence-corrected chi connectivity index (χ1v) is 9.78. The van der Waals surface area contributed by atoms with Crippen LogP contribution in [0.1, 0.15) is 10.4 Å². The normalized spacial score (nSPS) is 14.2. The highest BCUT2D eigenvalue weighted by molar-refractivity contribution is 9.10. The fraction of sp³-hybridized carbons (Fsp3) is 0.250. The molecule has 2 aromatic carbocycles. The first-order valence-electron chi connectivity index (χ1n) is 8.98. The van der Waals surface area contributed by atoms with Crippen molar-refractivity contribution in [1.82, 2.24) is 14.7 Å². The highest BCUT2D eigenvalue weighted by Crippen LogP contribution is 2.27. The molecule has 8 heteroatoms. The van der Waals surface area contributed by atoms with E-state index in [9.17, 15) is 9.59 Å². The largest absolute Gasteiger partial charge is 0.378 e. The molecule has 2 heterocycles. The molecule has 2 amide bonds. The Bertz CT molecular complexity index is 1020. The Morgan fingerprint density at radius 3 is 2.68 bits per heavy atom. The molecule has 1 N–H and O–H groups in total. The van der Waals surface area contributed by atoms with Crippen LogP contribution in [0.25, 0.3) is 10.8 Å². The number of aromatic nitrogens is 2.